The summed E-state index contributed by atoms with van der Waals surface area (Å²) in [5.74, 6) is -0.509. The maximum Gasteiger partial charge on any atom is 0.321 e. The van der Waals surface area contributed by atoms with Crippen LogP contribution in [0.5, 0.6) is 11.5 Å². The van der Waals surface area contributed by atoms with Crippen LogP contribution in [0, 0.1) is 5.92 Å². The highest BCUT2D eigenvalue weighted by molar-refractivity contribution is 6.08. The fraction of sp³-hybridized carbons (Fsp3) is 0.400. The number of amides is 1. The quantitative estimate of drug-likeness (QED) is 0.271. The molecule has 34 heavy (non-hydrogen) atoms. The third kappa shape index (κ3) is 4.07. The van der Waals surface area contributed by atoms with Crippen LogP contribution in [-0.4, -0.2) is 62.5 Å². The van der Waals surface area contributed by atoms with Gasteiger partial charge in [0.15, 0.2) is 5.92 Å². The Labute approximate surface area is 198 Å². The van der Waals surface area contributed by atoms with Gasteiger partial charge >= 0.3 is 5.97 Å². The van der Waals surface area contributed by atoms with Gasteiger partial charge < -0.3 is 23.5 Å². The number of carbonyl (C=O) groups is 2. The van der Waals surface area contributed by atoms with Crippen LogP contribution in [-0.2, 0) is 19.1 Å². The molecule has 0 unspecified atom stereocenters. The number of benzene rings is 2. The lowest BCUT2D eigenvalue weighted by Crippen LogP contribution is -2.50. The van der Waals surface area contributed by atoms with E-state index in [9.17, 15) is 9.59 Å². The van der Waals surface area contributed by atoms with E-state index in [2.05, 4.69) is 0 Å². The fourth-order valence-electron chi connectivity index (χ4n) is 4.48. The molecule has 1 aliphatic heterocycles. The van der Waals surface area contributed by atoms with E-state index in [1.54, 1.807) is 51.4 Å². The van der Waals surface area contributed by atoms with Crippen molar-refractivity contribution in [3.63, 3.8) is 0 Å². The maximum absolute atomic E-state index is 13.9. The van der Waals surface area contributed by atoms with Crippen molar-refractivity contribution in [2.24, 2.45) is 5.92 Å². The highest BCUT2D eigenvalue weighted by atomic mass is 16.5. The Morgan fingerprint density at radius 2 is 1.88 bits per heavy atom. The molecule has 0 fully saturated rings. The Hall–Kier alpha value is -3.59. The molecule has 0 spiro atoms. The molecule has 9 nitrogen and oxygen atoms in total. The number of nitrogens with zero attached hydrogens (tertiary/aromatic N) is 3. The summed E-state index contributed by atoms with van der Waals surface area (Å²) in [7, 11) is 4.73. The number of esters is 1. The summed E-state index contributed by atoms with van der Waals surface area (Å²) < 4.78 is 23.6. The van der Waals surface area contributed by atoms with Gasteiger partial charge in [0.2, 0.25) is 11.9 Å². The van der Waals surface area contributed by atoms with Crippen molar-refractivity contribution in [2.45, 2.75) is 19.4 Å². The van der Waals surface area contributed by atoms with Gasteiger partial charge in [0.1, 0.15) is 11.5 Å². The summed E-state index contributed by atoms with van der Waals surface area (Å²) in [5.41, 5.74) is 2.15. The van der Waals surface area contributed by atoms with E-state index < -0.39 is 17.9 Å². The van der Waals surface area contributed by atoms with Crippen molar-refractivity contribution in [1.82, 2.24) is 9.55 Å². The fourth-order valence-corrected chi connectivity index (χ4v) is 4.48. The first-order valence-corrected chi connectivity index (χ1v) is 11.2. The van der Waals surface area contributed by atoms with Crippen LogP contribution < -0.4 is 14.4 Å². The van der Waals surface area contributed by atoms with Crippen molar-refractivity contribution < 1.29 is 28.5 Å². The lowest BCUT2D eigenvalue weighted by Gasteiger charge is -2.38. The molecular formula is C25H29N3O6. The van der Waals surface area contributed by atoms with Gasteiger partial charge in [-0.25, -0.2) is 4.98 Å². The molecule has 4 rings (SSSR count). The van der Waals surface area contributed by atoms with Crippen LogP contribution in [0.2, 0.25) is 0 Å². The molecule has 1 amide bonds. The van der Waals surface area contributed by atoms with Crippen molar-refractivity contribution in [2.75, 3.05) is 46.0 Å². The van der Waals surface area contributed by atoms with Gasteiger partial charge in [0.25, 0.3) is 0 Å². The number of hydrogen-bond donors (Lipinski definition) is 0. The van der Waals surface area contributed by atoms with Gasteiger partial charge in [-0.05, 0) is 43.7 Å². The Morgan fingerprint density at radius 3 is 2.59 bits per heavy atom. The van der Waals surface area contributed by atoms with Crippen molar-refractivity contribution in [3.8, 4) is 11.5 Å². The molecule has 1 aliphatic rings. The van der Waals surface area contributed by atoms with Crippen LogP contribution in [0.3, 0.4) is 0 Å². The second kappa shape index (κ2) is 10.1. The van der Waals surface area contributed by atoms with Gasteiger partial charge in [-0.2, -0.15) is 0 Å². The molecule has 0 saturated carbocycles. The van der Waals surface area contributed by atoms with Crippen molar-refractivity contribution in [1.29, 1.82) is 0 Å². The number of methoxy groups -OCH3 is 3. The largest absolute Gasteiger partial charge is 0.497 e. The smallest absolute Gasteiger partial charge is 0.321 e. The second-order valence-corrected chi connectivity index (χ2v) is 7.89. The molecule has 2 atom stereocenters. The molecule has 0 bridgehead atoms. The van der Waals surface area contributed by atoms with Gasteiger partial charge in [0.05, 0.1) is 37.9 Å². The Kier molecular flexibility index (Phi) is 7.02. The van der Waals surface area contributed by atoms with E-state index >= 15 is 0 Å². The minimum atomic E-state index is -1.13. The van der Waals surface area contributed by atoms with E-state index in [-0.39, 0.29) is 12.5 Å². The first kappa shape index (κ1) is 23.6. The summed E-state index contributed by atoms with van der Waals surface area (Å²) in [4.78, 5) is 33.5. The summed E-state index contributed by atoms with van der Waals surface area (Å²) in [5, 5.41) is 0. The number of hydrogen-bond acceptors (Lipinski definition) is 7. The van der Waals surface area contributed by atoms with Gasteiger partial charge in [-0.1, -0.05) is 12.1 Å². The number of ether oxygens (including phenoxy) is 4. The molecule has 2 aromatic carbocycles. The maximum atomic E-state index is 13.9. The van der Waals surface area contributed by atoms with Crippen molar-refractivity contribution in [3.05, 3.63) is 48.0 Å². The molecule has 0 saturated heterocycles. The predicted octanol–water partition coefficient (Wildman–Crippen LogP) is 3.21. The molecule has 1 aromatic heterocycles. The van der Waals surface area contributed by atoms with E-state index in [1.807, 2.05) is 28.8 Å². The van der Waals surface area contributed by atoms with E-state index in [0.717, 1.165) is 11.0 Å². The third-order valence-electron chi connectivity index (χ3n) is 5.97. The SMILES string of the molecule is CCOC(=O)[C@H]1C(=O)N(CCCOC)c2nc3ccccc3n2[C@@H]1c1cc(OC)ccc1OC. The molecule has 2 heterocycles. The third-order valence-corrected chi connectivity index (χ3v) is 5.97. The summed E-state index contributed by atoms with van der Waals surface area (Å²) >= 11 is 0. The number of carbonyl (C=O) groups excluding carboxylic acids is 2. The topological polar surface area (TPSA) is 92.1 Å². The van der Waals surface area contributed by atoms with Crippen LogP contribution in [0.4, 0.5) is 5.95 Å². The van der Waals surface area contributed by atoms with Crippen LogP contribution in [0.1, 0.15) is 24.9 Å². The molecular weight excluding hydrogens is 438 g/mol. The normalized spacial score (nSPS) is 17.5. The average Bonchev–Trinajstić information content (AvgIpc) is 3.23. The lowest BCUT2D eigenvalue weighted by molar-refractivity contribution is -0.153. The minimum Gasteiger partial charge on any atom is -0.497 e. The van der Waals surface area contributed by atoms with Gasteiger partial charge in [-0.15, -0.1) is 0 Å². The van der Waals surface area contributed by atoms with Crippen LogP contribution in [0.25, 0.3) is 11.0 Å². The average molecular weight is 468 g/mol. The number of aromatic nitrogens is 2. The Bertz CT molecular complexity index is 1190. The summed E-state index contributed by atoms with van der Waals surface area (Å²) in [6.07, 6.45) is 0.591. The molecule has 9 heteroatoms. The second-order valence-electron chi connectivity index (χ2n) is 7.89. The summed E-state index contributed by atoms with van der Waals surface area (Å²) in [6.45, 7) is 2.71. The zero-order valence-corrected chi connectivity index (χ0v) is 19.8. The van der Waals surface area contributed by atoms with E-state index in [1.165, 1.54) is 0 Å². The standard InChI is InChI=1S/C25H29N3O6/c1-5-34-24(30)21-22(17-15-16(32-3)11-12-20(17)33-4)28-19-10-7-6-9-18(19)26-25(28)27(23(21)29)13-8-14-31-2/h6-7,9-12,15,21-22H,5,8,13-14H2,1-4H3/t21-,22-/m1/s1. The van der Waals surface area contributed by atoms with E-state index in [0.29, 0.717) is 42.6 Å². The molecule has 0 N–H and O–H groups in total. The number of anilines is 1. The number of imidazole rings is 1. The molecule has 0 radical (unpaired) electrons. The van der Waals surface area contributed by atoms with E-state index in [4.69, 9.17) is 23.9 Å². The molecule has 0 aliphatic carbocycles. The molecule has 3 aromatic rings. The highest BCUT2D eigenvalue weighted by Gasteiger charge is 2.48. The lowest BCUT2D eigenvalue weighted by atomic mass is 9.88. The zero-order chi connectivity index (χ0) is 24.2. The monoisotopic (exact) mass is 467 g/mol. The number of para-hydroxylation sites is 2. The highest BCUT2D eigenvalue weighted by Crippen LogP contribution is 2.44. The number of rotatable bonds is 9. The first-order chi connectivity index (χ1) is 16.5. The number of fused-ring (bicyclic) bond motifs is 3. The Morgan fingerprint density at radius 1 is 1.09 bits per heavy atom. The van der Waals surface area contributed by atoms with Crippen molar-refractivity contribution >= 4 is 28.9 Å². The predicted molar refractivity (Wildman–Crippen MR) is 126 cm³/mol. The van der Waals surface area contributed by atoms with Crippen LogP contribution in [0.15, 0.2) is 42.5 Å². The zero-order valence-electron chi connectivity index (χ0n) is 19.8. The Balaban J connectivity index is 2.00. The minimum absolute atomic E-state index is 0.159. The van der Waals surface area contributed by atoms with Gasteiger partial charge in [0, 0.05) is 25.8 Å². The van der Waals surface area contributed by atoms with Crippen LogP contribution >= 0.6 is 0 Å². The van der Waals surface area contributed by atoms with Gasteiger partial charge in [-0.3, -0.25) is 14.5 Å². The summed E-state index contributed by atoms with van der Waals surface area (Å²) in [6, 6.07) is 12.2. The molecule has 180 valence electrons. The first-order valence-electron chi connectivity index (χ1n) is 11.2.